The number of amides is 3. The van der Waals surface area contributed by atoms with Crippen molar-refractivity contribution in [1.29, 1.82) is 0 Å². The first-order chi connectivity index (χ1) is 17.6. The number of nitrogens with one attached hydrogen (secondary N) is 2. The van der Waals surface area contributed by atoms with E-state index < -0.39 is 17.5 Å². The first kappa shape index (κ1) is 27.5. The first-order valence-electron chi connectivity index (χ1n) is 12.1. The van der Waals surface area contributed by atoms with Gasteiger partial charge in [0, 0.05) is 24.4 Å². The summed E-state index contributed by atoms with van der Waals surface area (Å²) in [6.07, 6.45) is 1.98. The standard InChI is InChI=1S/C27H34N4O6/c1-6-27(3,4)29-26(34)25(19-9-11-20(35-5)12-10-19)31(17-21-8-7-15-36-21)24(33)14-13-23(32)28-22-16-18(2)37-30-22/h7-12,15-16,25H,6,13-14,17H2,1-5H3,(H,29,34)(H,28,30,32)/t25-/m1/s1. The van der Waals surface area contributed by atoms with Crippen molar-refractivity contribution in [1.82, 2.24) is 15.4 Å². The zero-order valence-electron chi connectivity index (χ0n) is 21.9. The Bertz CT molecular complexity index is 1180. The molecule has 1 atom stereocenters. The molecular weight excluding hydrogens is 476 g/mol. The number of nitrogens with zero attached hydrogens (tertiary/aromatic N) is 2. The number of hydrogen-bond acceptors (Lipinski definition) is 7. The highest BCUT2D eigenvalue weighted by atomic mass is 16.5. The van der Waals surface area contributed by atoms with Crippen LogP contribution in [0.4, 0.5) is 5.82 Å². The van der Waals surface area contributed by atoms with Gasteiger partial charge in [-0.1, -0.05) is 24.2 Å². The molecule has 2 aromatic heterocycles. The molecule has 2 heterocycles. The Balaban J connectivity index is 1.88. The number of aromatic nitrogens is 1. The van der Waals surface area contributed by atoms with Crippen LogP contribution in [-0.4, -0.2) is 40.4 Å². The maximum Gasteiger partial charge on any atom is 0.247 e. The van der Waals surface area contributed by atoms with Crippen LogP contribution in [0.3, 0.4) is 0 Å². The Morgan fingerprint density at radius 1 is 1.14 bits per heavy atom. The number of carbonyl (C=O) groups excluding carboxylic acids is 3. The zero-order chi connectivity index (χ0) is 27.0. The van der Waals surface area contributed by atoms with Crippen molar-refractivity contribution >= 4 is 23.5 Å². The van der Waals surface area contributed by atoms with Crippen LogP contribution in [0, 0.1) is 6.92 Å². The van der Waals surface area contributed by atoms with Crippen LogP contribution < -0.4 is 15.4 Å². The minimum Gasteiger partial charge on any atom is -0.497 e. The van der Waals surface area contributed by atoms with Crippen molar-refractivity contribution in [2.75, 3.05) is 12.4 Å². The molecule has 0 unspecified atom stereocenters. The highest BCUT2D eigenvalue weighted by Gasteiger charge is 2.34. The maximum atomic E-state index is 13.7. The topological polar surface area (TPSA) is 127 Å². The summed E-state index contributed by atoms with van der Waals surface area (Å²) in [6.45, 7) is 7.58. The lowest BCUT2D eigenvalue weighted by molar-refractivity contribution is -0.143. The van der Waals surface area contributed by atoms with E-state index in [2.05, 4.69) is 15.8 Å². The number of anilines is 1. The monoisotopic (exact) mass is 510 g/mol. The van der Waals surface area contributed by atoms with Gasteiger partial charge in [-0.2, -0.15) is 0 Å². The summed E-state index contributed by atoms with van der Waals surface area (Å²) in [5.41, 5.74) is 0.115. The van der Waals surface area contributed by atoms with Crippen molar-refractivity contribution < 1.29 is 28.1 Å². The zero-order valence-corrected chi connectivity index (χ0v) is 21.9. The minimum absolute atomic E-state index is 0.0482. The molecule has 0 saturated carbocycles. The van der Waals surface area contributed by atoms with Gasteiger partial charge in [0.25, 0.3) is 0 Å². The number of hydrogen-bond donors (Lipinski definition) is 2. The summed E-state index contributed by atoms with van der Waals surface area (Å²) < 4.78 is 15.7. The average Bonchev–Trinajstić information content (AvgIpc) is 3.53. The van der Waals surface area contributed by atoms with Gasteiger partial charge in [0.1, 0.15) is 23.3 Å². The highest BCUT2D eigenvalue weighted by molar-refractivity contribution is 5.94. The van der Waals surface area contributed by atoms with Crippen molar-refractivity contribution in [3.63, 3.8) is 0 Å². The van der Waals surface area contributed by atoms with E-state index in [1.165, 1.54) is 11.2 Å². The van der Waals surface area contributed by atoms with Crippen LogP contribution >= 0.6 is 0 Å². The SMILES string of the molecule is CCC(C)(C)NC(=O)[C@@H](c1ccc(OC)cc1)N(Cc1ccco1)C(=O)CCC(=O)Nc1cc(C)on1. The van der Waals surface area contributed by atoms with Gasteiger partial charge in [-0.3, -0.25) is 14.4 Å². The largest absolute Gasteiger partial charge is 0.497 e. The van der Waals surface area contributed by atoms with Crippen LogP contribution in [0.2, 0.25) is 0 Å². The van der Waals surface area contributed by atoms with Crippen molar-refractivity contribution in [2.45, 2.75) is 65.1 Å². The van der Waals surface area contributed by atoms with Crippen LogP contribution in [-0.2, 0) is 20.9 Å². The Labute approximate surface area is 216 Å². The molecule has 3 amide bonds. The summed E-state index contributed by atoms with van der Waals surface area (Å²) in [5.74, 6) is 0.862. The van der Waals surface area contributed by atoms with Crippen molar-refractivity contribution in [3.8, 4) is 5.75 Å². The van der Waals surface area contributed by atoms with E-state index >= 15 is 0 Å². The molecule has 37 heavy (non-hydrogen) atoms. The van der Waals surface area contributed by atoms with Gasteiger partial charge in [0.2, 0.25) is 17.7 Å². The third-order valence-electron chi connectivity index (χ3n) is 6.03. The summed E-state index contributed by atoms with van der Waals surface area (Å²) in [7, 11) is 1.56. The van der Waals surface area contributed by atoms with Crippen LogP contribution in [0.25, 0.3) is 0 Å². The third-order valence-corrected chi connectivity index (χ3v) is 6.03. The Hall–Kier alpha value is -4.08. The van der Waals surface area contributed by atoms with Gasteiger partial charge in [-0.15, -0.1) is 0 Å². The molecule has 198 valence electrons. The second-order valence-corrected chi connectivity index (χ2v) is 9.37. The number of carbonyl (C=O) groups is 3. The number of ether oxygens (including phenoxy) is 1. The molecule has 0 spiro atoms. The van der Waals surface area contributed by atoms with Gasteiger partial charge in [-0.25, -0.2) is 0 Å². The van der Waals surface area contributed by atoms with Crippen LogP contribution in [0.5, 0.6) is 5.75 Å². The molecule has 2 N–H and O–H groups in total. The van der Waals surface area contributed by atoms with E-state index in [0.717, 1.165) is 0 Å². The first-order valence-corrected chi connectivity index (χ1v) is 12.1. The minimum atomic E-state index is -0.962. The van der Waals surface area contributed by atoms with E-state index in [4.69, 9.17) is 13.7 Å². The van der Waals surface area contributed by atoms with E-state index in [-0.39, 0.29) is 37.0 Å². The van der Waals surface area contributed by atoms with E-state index in [1.807, 2.05) is 20.8 Å². The van der Waals surface area contributed by atoms with Crippen molar-refractivity contribution in [3.05, 3.63) is 65.8 Å². The molecule has 10 nitrogen and oxygen atoms in total. The van der Waals surface area contributed by atoms with Gasteiger partial charge < -0.3 is 29.2 Å². The number of rotatable bonds is 12. The Morgan fingerprint density at radius 2 is 1.86 bits per heavy atom. The quantitative estimate of drug-likeness (QED) is 0.370. The predicted molar refractivity (Wildman–Crippen MR) is 137 cm³/mol. The fraction of sp³-hybridized carbons (Fsp3) is 0.407. The van der Waals surface area contributed by atoms with Crippen molar-refractivity contribution in [2.24, 2.45) is 0 Å². The molecule has 3 rings (SSSR count). The molecule has 0 aliphatic heterocycles. The maximum absolute atomic E-state index is 13.7. The lowest BCUT2D eigenvalue weighted by Gasteiger charge is -2.34. The molecular formula is C27H34N4O6. The summed E-state index contributed by atoms with van der Waals surface area (Å²) >= 11 is 0. The molecule has 0 fully saturated rings. The van der Waals surface area contributed by atoms with E-state index in [0.29, 0.717) is 29.3 Å². The molecule has 0 radical (unpaired) electrons. The summed E-state index contributed by atoms with van der Waals surface area (Å²) in [5, 5.41) is 9.40. The molecule has 0 aliphatic carbocycles. The third kappa shape index (κ3) is 7.70. The van der Waals surface area contributed by atoms with Gasteiger partial charge in [0.05, 0.1) is 19.9 Å². The second-order valence-electron chi connectivity index (χ2n) is 9.37. The molecule has 0 bridgehead atoms. The average molecular weight is 511 g/mol. The molecule has 10 heteroatoms. The fourth-order valence-corrected chi connectivity index (χ4v) is 3.64. The summed E-state index contributed by atoms with van der Waals surface area (Å²) in [6, 6.07) is 11.1. The Morgan fingerprint density at radius 3 is 2.43 bits per heavy atom. The predicted octanol–water partition coefficient (Wildman–Crippen LogP) is 4.38. The van der Waals surface area contributed by atoms with Crippen LogP contribution in [0.15, 0.2) is 57.7 Å². The van der Waals surface area contributed by atoms with E-state index in [9.17, 15) is 14.4 Å². The molecule has 0 saturated heterocycles. The molecule has 1 aromatic carbocycles. The van der Waals surface area contributed by atoms with E-state index in [1.54, 1.807) is 56.5 Å². The highest BCUT2D eigenvalue weighted by Crippen LogP contribution is 2.28. The van der Waals surface area contributed by atoms with Gasteiger partial charge in [-0.05, 0) is 57.0 Å². The fourth-order valence-electron chi connectivity index (χ4n) is 3.64. The van der Waals surface area contributed by atoms with Crippen LogP contribution in [0.1, 0.15) is 63.2 Å². The number of aryl methyl sites for hydroxylation is 1. The number of furan rings is 1. The molecule has 0 aliphatic rings. The Kier molecular flexibility index (Phi) is 9.10. The normalized spacial score (nSPS) is 12.0. The second kappa shape index (κ2) is 12.2. The molecule has 3 aromatic rings. The lowest BCUT2D eigenvalue weighted by atomic mass is 9.98. The number of methoxy groups -OCH3 is 1. The van der Waals surface area contributed by atoms with Gasteiger partial charge >= 0.3 is 0 Å². The lowest BCUT2D eigenvalue weighted by Crippen LogP contribution is -2.50. The number of benzene rings is 1. The summed E-state index contributed by atoms with van der Waals surface area (Å²) in [4.78, 5) is 41.1. The van der Waals surface area contributed by atoms with Gasteiger partial charge in [0.15, 0.2) is 5.82 Å². The smallest absolute Gasteiger partial charge is 0.247 e.